The van der Waals surface area contributed by atoms with Gasteiger partial charge in [0, 0.05) is 5.56 Å². The fraction of sp³-hybridized carbons (Fsp3) is 0. The summed E-state index contributed by atoms with van der Waals surface area (Å²) < 4.78 is 0. The summed E-state index contributed by atoms with van der Waals surface area (Å²) in [4.78, 5) is 31.7. The highest BCUT2D eigenvalue weighted by Gasteiger charge is 2.25. The van der Waals surface area contributed by atoms with Crippen molar-refractivity contribution >= 4 is 74.0 Å². The van der Waals surface area contributed by atoms with Crippen molar-refractivity contribution in [1.29, 1.82) is 0 Å². The second-order valence-electron chi connectivity index (χ2n) is 6.47. The first-order valence-electron chi connectivity index (χ1n) is 8.61. The zero-order valence-electron chi connectivity index (χ0n) is 14.6. The molecule has 142 valence electrons. The molecule has 0 aliphatic carbocycles. The maximum atomic E-state index is 11.9. The number of nitrogens with zero attached hydrogens (tertiary/aromatic N) is 1. The van der Waals surface area contributed by atoms with Gasteiger partial charge in [-0.3, -0.25) is 14.9 Å². The number of amides is 2. The minimum atomic E-state index is -0.376. The van der Waals surface area contributed by atoms with Crippen LogP contribution in [0.25, 0.3) is 39.3 Å². The van der Waals surface area contributed by atoms with E-state index >= 15 is 0 Å². The summed E-state index contributed by atoms with van der Waals surface area (Å²) >= 11 is 13.1. The molecular formula is C21H11Cl2N3O2S. The number of hydrogen-bond acceptors (Lipinski definition) is 4. The highest BCUT2D eigenvalue weighted by Crippen LogP contribution is 2.34. The largest absolute Gasteiger partial charge is 0.338 e. The Bertz CT molecular complexity index is 1340. The van der Waals surface area contributed by atoms with E-state index in [0.717, 1.165) is 44.7 Å². The number of imide groups is 1. The lowest BCUT2D eigenvalue weighted by Crippen LogP contribution is -2.17. The van der Waals surface area contributed by atoms with E-state index in [4.69, 9.17) is 23.2 Å². The SMILES string of the molecule is O=C1NC(=O)/C(=C\c2ccc(-c3nc4cc(Cl)c(Cl)cc4[nH]3)c3ccccc23)S1. The Morgan fingerprint density at radius 3 is 2.48 bits per heavy atom. The molecule has 0 radical (unpaired) electrons. The molecule has 1 aliphatic rings. The summed E-state index contributed by atoms with van der Waals surface area (Å²) in [6.07, 6.45) is 1.73. The van der Waals surface area contributed by atoms with Gasteiger partial charge in [0.2, 0.25) is 0 Å². The van der Waals surface area contributed by atoms with Crippen LogP contribution in [0, 0.1) is 0 Å². The molecule has 5 rings (SSSR count). The van der Waals surface area contributed by atoms with Gasteiger partial charge in [0.15, 0.2) is 0 Å². The summed E-state index contributed by atoms with van der Waals surface area (Å²) in [7, 11) is 0. The standard InChI is InChI=1S/C21H11Cl2N3O2S/c22-14-8-16-17(9-15(14)23)25-19(24-16)13-6-5-10(11-3-1-2-4-12(11)13)7-18-20(27)26-21(28)29-18/h1-9H,(H,24,25)(H,26,27,28)/b18-7+. The Morgan fingerprint density at radius 2 is 1.72 bits per heavy atom. The third-order valence-electron chi connectivity index (χ3n) is 4.67. The zero-order valence-corrected chi connectivity index (χ0v) is 17.0. The first-order valence-corrected chi connectivity index (χ1v) is 10.2. The zero-order chi connectivity index (χ0) is 20.1. The number of fused-ring (bicyclic) bond motifs is 2. The lowest BCUT2D eigenvalue weighted by molar-refractivity contribution is -0.115. The molecule has 1 aliphatic heterocycles. The molecule has 0 bridgehead atoms. The average molecular weight is 440 g/mol. The van der Waals surface area contributed by atoms with Gasteiger partial charge in [-0.2, -0.15) is 0 Å². The van der Waals surface area contributed by atoms with E-state index in [-0.39, 0.29) is 11.1 Å². The highest BCUT2D eigenvalue weighted by atomic mass is 35.5. The molecule has 2 amide bonds. The number of H-pyrrole nitrogens is 1. The molecule has 2 N–H and O–H groups in total. The molecule has 5 nitrogen and oxygen atoms in total. The summed E-state index contributed by atoms with van der Waals surface area (Å²) in [5.74, 6) is 0.316. The van der Waals surface area contributed by atoms with Crippen molar-refractivity contribution in [3.63, 3.8) is 0 Å². The summed E-state index contributed by atoms with van der Waals surface area (Å²) in [6.45, 7) is 0. The Labute approximate surface area is 179 Å². The highest BCUT2D eigenvalue weighted by molar-refractivity contribution is 8.18. The van der Waals surface area contributed by atoms with Crippen molar-refractivity contribution in [2.75, 3.05) is 0 Å². The summed E-state index contributed by atoms with van der Waals surface area (Å²) in [6, 6.07) is 15.2. The Hall–Kier alpha value is -2.80. The van der Waals surface area contributed by atoms with Gasteiger partial charge in [0.05, 0.1) is 26.0 Å². The van der Waals surface area contributed by atoms with E-state index in [1.807, 2.05) is 36.4 Å². The fourth-order valence-corrected chi connectivity index (χ4v) is 4.34. The van der Waals surface area contributed by atoms with E-state index in [2.05, 4.69) is 15.3 Å². The molecule has 1 aromatic heterocycles. The van der Waals surface area contributed by atoms with Crippen molar-refractivity contribution in [2.24, 2.45) is 0 Å². The number of thioether (sulfide) groups is 1. The molecule has 2 heterocycles. The van der Waals surface area contributed by atoms with Gasteiger partial charge >= 0.3 is 0 Å². The van der Waals surface area contributed by atoms with Crippen LogP contribution in [0.1, 0.15) is 5.56 Å². The number of aromatic amines is 1. The number of nitrogens with one attached hydrogen (secondary N) is 2. The van der Waals surface area contributed by atoms with E-state index in [0.29, 0.717) is 20.8 Å². The smallest absolute Gasteiger partial charge is 0.290 e. The minimum absolute atomic E-state index is 0.359. The molecule has 3 aromatic carbocycles. The van der Waals surface area contributed by atoms with Crippen molar-refractivity contribution in [1.82, 2.24) is 15.3 Å². The molecule has 29 heavy (non-hydrogen) atoms. The second-order valence-corrected chi connectivity index (χ2v) is 8.30. The quantitative estimate of drug-likeness (QED) is 0.374. The van der Waals surface area contributed by atoms with Gasteiger partial charge in [-0.1, -0.05) is 59.6 Å². The van der Waals surface area contributed by atoms with Crippen LogP contribution >= 0.6 is 35.0 Å². The first-order chi connectivity index (χ1) is 14.0. The van der Waals surface area contributed by atoms with Crippen LogP contribution in [0.3, 0.4) is 0 Å². The predicted molar refractivity (Wildman–Crippen MR) is 118 cm³/mol. The number of hydrogen-bond donors (Lipinski definition) is 2. The van der Waals surface area contributed by atoms with Crippen LogP contribution in [-0.2, 0) is 4.79 Å². The number of halogens is 2. The number of imidazole rings is 1. The predicted octanol–water partition coefficient (Wildman–Crippen LogP) is 6.01. The minimum Gasteiger partial charge on any atom is -0.338 e. The van der Waals surface area contributed by atoms with Crippen molar-refractivity contribution in [2.45, 2.75) is 0 Å². The van der Waals surface area contributed by atoms with Gasteiger partial charge in [-0.05, 0) is 46.3 Å². The maximum Gasteiger partial charge on any atom is 0.290 e. The average Bonchev–Trinajstić information content (AvgIpc) is 3.24. The molecule has 0 unspecified atom stereocenters. The number of aromatic nitrogens is 2. The van der Waals surface area contributed by atoms with Gasteiger partial charge in [0.1, 0.15) is 5.82 Å². The number of carbonyl (C=O) groups is 2. The van der Waals surface area contributed by atoms with Crippen LogP contribution in [0.15, 0.2) is 53.4 Å². The van der Waals surface area contributed by atoms with Crippen LogP contribution in [-0.4, -0.2) is 21.1 Å². The number of carbonyl (C=O) groups excluding carboxylic acids is 2. The number of rotatable bonds is 2. The van der Waals surface area contributed by atoms with Gasteiger partial charge in [-0.25, -0.2) is 4.98 Å². The normalized spacial score (nSPS) is 15.6. The Kier molecular flexibility index (Phi) is 4.35. The molecule has 1 saturated heterocycles. The van der Waals surface area contributed by atoms with Gasteiger partial charge in [-0.15, -0.1) is 0 Å². The monoisotopic (exact) mass is 439 g/mol. The molecule has 8 heteroatoms. The second kappa shape index (κ2) is 6.91. The molecule has 0 spiro atoms. The molecule has 0 saturated carbocycles. The lowest BCUT2D eigenvalue weighted by atomic mass is 9.99. The van der Waals surface area contributed by atoms with E-state index < -0.39 is 0 Å². The van der Waals surface area contributed by atoms with Crippen molar-refractivity contribution < 1.29 is 9.59 Å². The summed E-state index contributed by atoms with van der Waals surface area (Å²) in [5, 5.41) is 4.74. The van der Waals surface area contributed by atoms with Crippen LogP contribution in [0.2, 0.25) is 10.0 Å². The van der Waals surface area contributed by atoms with Crippen LogP contribution in [0.5, 0.6) is 0 Å². The van der Waals surface area contributed by atoms with Crippen LogP contribution < -0.4 is 5.32 Å². The Balaban J connectivity index is 1.68. The Morgan fingerprint density at radius 1 is 0.966 bits per heavy atom. The lowest BCUT2D eigenvalue weighted by Gasteiger charge is -2.08. The maximum absolute atomic E-state index is 11.9. The van der Waals surface area contributed by atoms with Gasteiger partial charge in [0.25, 0.3) is 11.1 Å². The molecular weight excluding hydrogens is 429 g/mol. The third-order valence-corrected chi connectivity index (χ3v) is 6.20. The third kappa shape index (κ3) is 3.19. The van der Waals surface area contributed by atoms with E-state index in [9.17, 15) is 9.59 Å². The number of benzene rings is 3. The van der Waals surface area contributed by atoms with Crippen molar-refractivity contribution in [3.05, 3.63) is 69.0 Å². The van der Waals surface area contributed by atoms with E-state index in [1.165, 1.54) is 0 Å². The molecule has 4 aromatic rings. The van der Waals surface area contributed by atoms with Crippen molar-refractivity contribution in [3.8, 4) is 11.4 Å². The fourth-order valence-electron chi connectivity index (χ4n) is 3.35. The van der Waals surface area contributed by atoms with Crippen LogP contribution in [0.4, 0.5) is 4.79 Å². The summed E-state index contributed by atoms with van der Waals surface area (Å²) in [5.41, 5.74) is 3.27. The molecule has 1 fully saturated rings. The van der Waals surface area contributed by atoms with E-state index in [1.54, 1.807) is 18.2 Å². The topological polar surface area (TPSA) is 74.8 Å². The first kappa shape index (κ1) is 18.2. The molecule has 0 atom stereocenters. The van der Waals surface area contributed by atoms with Gasteiger partial charge < -0.3 is 4.98 Å².